The first-order valence-corrected chi connectivity index (χ1v) is 7.11. The van der Waals surface area contributed by atoms with Crippen molar-refractivity contribution in [2.45, 2.75) is 25.5 Å². The molecule has 1 aliphatic rings. The van der Waals surface area contributed by atoms with Crippen molar-refractivity contribution in [3.05, 3.63) is 41.7 Å². The zero-order valence-electron chi connectivity index (χ0n) is 12.1. The minimum absolute atomic E-state index is 0.0271. The molecule has 1 atom stereocenters. The van der Waals surface area contributed by atoms with Gasteiger partial charge in [-0.15, -0.1) is 0 Å². The van der Waals surface area contributed by atoms with E-state index in [4.69, 9.17) is 4.74 Å². The Labute approximate surface area is 130 Å². The summed E-state index contributed by atoms with van der Waals surface area (Å²) in [5.41, 5.74) is 1.01. The number of halogens is 2. The number of benzene rings is 1. The molecule has 0 aliphatic carbocycles. The number of alkyl halides is 2. The fourth-order valence-corrected chi connectivity index (χ4v) is 2.49. The highest BCUT2D eigenvalue weighted by atomic mass is 19.3. The summed E-state index contributed by atoms with van der Waals surface area (Å²) < 4.78 is 31.5. The van der Waals surface area contributed by atoms with Crippen LogP contribution in [0.2, 0.25) is 0 Å². The summed E-state index contributed by atoms with van der Waals surface area (Å²) in [7, 11) is 0. The first-order valence-electron chi connectivity index (χ1n) is 7.11. The Bertz CT molecular complexity index is 718. The van der Waals surface area contributed by atoms with Crippen molar-refractivity contribution in [1.29, 1.82) is 0 Å². The average molecular weight is 323 g/mol. The number of aliphatic hydroxyl groups is 1. The van der Waals surface area contributed by atoms with Gasteiger partial charge in [0.25, 0.3) is 12.3 Å². The van der Waals surface area contributed by atoms with Gasteiger partial charge in [-0.05, 0) is 12.1 Å². The molecule has 0 saturated carbocycles. The SMILES string of the molecule is O=C(Nc1cccc2c1OCC[C@H]2O)c1ccnn1CC(F)F. The first-order chi connectivity index (χ1) is 11.1. The molecule has 0 bridgehead atoms. The molecule has 1 aromatic carbocycles. The van der Waals surface area contributed by atoms with Gasteiger partial charge < -0.3 is 15.2 Å². The molecule has 6 nitrogen and oxygen atoms in total. The van der Waals surface area contributed by atoms with Crippen molar-refractivity contribution in [3.63, 3.8) is 0 Å². The predicted molar refractivity (Wildman–Crippen MR) is 77.7 cm³/mol. The van der Waals surface area contributed by atoms with Crippen LogP contribution < -0.4 is 10.1 Å². The lowest BCUT2D eigenvalue weighted by Gasteiger charge is -2.24. The van der Waals surface area contributed by atoms with Crippen LogP contribution in [-0.2, 0) is 6.54 Å². The normalized spacial score (nSPS) is 16.8. The summed E-state index contributed by atoms with van der Waals surface area (Å²) in [6.07, 6.45) is -1.49. The van der Waals surface area contributed by atoms with Crippen LogP contribution in [0.25, 0.3) is 0 Å². The number of fused-ring (bicyclic) bond motifs is 1. The standard InChI is InChI=1S/C15H15F2N3O3/c16-13(17)8-20-11(4-6-18-20)15(22)19-10-3-1-2-9-12(21)5-7-23-14(9)10/h1-4,6,12-13,21H,5,7-8H2,(H,19,22)/t12-/m1/s1. The zero-order valence-corrected chi connectivity index (χ0v) is 12.1. The summed E-state index contributed by atoms with van der Waals surface area (Å²) in [5, 5.41) is 16.3. The van der Waals surface area contributed by atoms with Crippen LogP contribution in [0.15, 0.2) is 30.5 Å². The lowest BCUT2D eigenvalue weighted by molar-refractivity contribution is 0.0984. The van der Waals surface area contributed by atoms with Gasteiger partial charge in [0, 0.05) is 18.2 Å². The number of nitrogens with one attached hydrogen (secondary N) is 1. The smallest absolute Gasteiger partial charge is 0.274 e. The molecule has 3 rings (SSSR count). The van der Waals surface area contributed by atoms with E-state index in [0.29, 0.717) is 30.0 Å². The lowest BCUT2D eigenvalue weighted by Crippen LogP contribution is -2.21. The number of carbonyl (C=O) groups excluding carboxylic acids is 1. The van der Waals surface area contributed by atoms with Crippen molar-refractivity contribution in [2.24, 2.45) is 0 Å². The maximum Gasteiger partial charge on any atom is 0.274 e. The van der Waals surface area contributed by atoms with Crippen molar-refractivity contribution in [2.75, 3.05) is 11.9 Å². The maximum atomic E-state index is 12.5. The van der Waals surface area contributed by atoms with E-state index in [0.717, 1.165) is 4.68 Å². The lowest BCUT2D eigenvalue weighted by atomic mass is 10.0. The summed E-state index contributed by atoms with van der Waals surface area (Å²) in [4.78, 5) is 12.3. The zero-order chi connectivity index (χ0) is 16.4. The van der Waals surface area contributed by atoms with E-state index in [1.54, 1.807) is 18.2 Å². The topological polar surface area (TPSA) is 76.4 Å². The largest absolute Gasteiger partial charge is 0.491 e. The Morgan fingerprint density at radius 3 is 3.09 bits per heavy atom. The van der Waals surface area contributed by atoms with E-state index >= 15 is 0 Å². The third kappa shape index (κ3) is 3.16. The molecule has 2 heterocycles. The molecular formula is C15H15F2N3O3. The number of anilines is 1. The van der Waals surface area contributed by atoms with Gasteiger partial charge in [-0.2, -0.15) is 5.10 Å². The van der Waals surface area contributed by atoms with E-state index in [9.17, 15) is 18.7 Å². The Hall–Kier alpha value is -2.48. The van der Waals surface area contributed by atoms with Gasteiger partial charge in [-0.3, -0.25) is 9.48 Å². The van der Waals surface area contributed by atoms with Gasteiger partial charge >= 0.3 is 0 Å². The molecule has 1 amide bonds. The number of aromatic nitrogens is 2. The van der Waals surface area contributed by atoms with Crippen molar-refractivity contribution >= 4 is 11.6 Å². The van der Waals surface area contributed by atoms with Gasteiger partial charge in [0.15, 0.2) is 0 Å². The van der Waals surface area contributed by atoms with Crippen LogP contribution in [-0.4, -0.2) is 33.8 Å². The van der Waals surface area contributed by atoms with Crippen molar-refractivity contribution < 1.29 is 23.4 Å². The van der Waals surface area contributed by atoms with Gasteiger partial charge in [0.1, 0.15) is 18.0 Å². The molecule has 2 N–H and O–H groups in total. The molecular weight excluding hydrogens is 308 g/mol. The highest BCUT2D eigenvalue weighted by molar-refractivity contribution is 6.04. The molecule has 0 saturated heterocycles. The van der Waals surface area contributed by atoms with Crippen molar-refractivity contribution in [1.82, 2.24) is 9.78 Å². The first kappa shape index (κ1) is 15.4. The second-order valence-electron chi connectivity index (χ2n) is 5.12. The molecule has 1 aromatic heterocycles. The average Bonchev–Trinajstić information content (AvgIpc) is 2.96. The number of aliphatic hydroxyl groups excluding tert-OH is 1. The maximum absolute atomic E-state index is 12.5. The van der Waals surface area contributed by atoms with Crippen molar-refractivity contribution in [3.8, 4) is 5.75 Å². The molecule has 0 fully saturated rings. The highest BCUT2D eigenvalue weighted by Crippen LogP contribution is 2.37. The highest BCUT2D eigenvalue weighted by Gasteiger charge is 2.23. The minimum Gasteiger partial charge on any atom is -0.491 e. The Kier molecular flexibility index (Phi) is 4.24. The molecule has 23 heavy (non-hydrogen) atoms. The van der Waals surface area contributed by atoms with Crippen LogP contribution in [0, 0.1) is 0 Å². The molecule has 0 unspecified atom stereocenters. The summed E-state index contributed by atoms with van der Waals surface area (Å²) >= 11 is 0. The summed E-state index contributed by atoms with van der Waals surface area (Å²) in [6.45, 7) is -0.317. The summed E-state index contributed by atoms with van der Waals surface area (Å²) in [5.74, 6) is -0.167. The number of rotatable bonds is 4. The quantitative estimate of drug-likeness (QED) is 0.904. The van der Waals surface area contributed by atoms with Gasteiger partial charge in [0.2, 0.25) is 0 Å². The number of amides is 1. The molecule has 0 radical (unpaired) electrons. The number of hydrogen-bond acceptors (Lipinski definition) is 4. The second-order valence-corrected chi connectivity index (χ2v) is 5.12. The van der Waals surface area contributed by atoms with Crippen LogP contribution in [0.1, 0.15) is 28.6 Å². The third-order valence-corrected chi connectivity index (χ3v) is 3.55. The number of ether oxygens (including phenoxy) is 1. The van der Waals surface area contributed by atoms with Gasteiger partial charge in [-0.25, -0.2) is 8.78 Å². The second kappa shape index (κ2) is 6.33. The van der Waals surface area contributed by atoms with E-state index < -0.39 is 25.0 Å². The fraction of sp³-hybridized carbons (Fsp3) is 0.333. The number of para-hydroxylation sites is 1. The van der Waals surface area contributed by atoms with E-state index in [2.05, 4.69) is 10.4 Å². The van der Waals surface area contributed by atoms with Gasteiger partial charge in [0.05, 0.1) is 18.4 Å². The number of nitrogens with zero attached hydrogens (tertiary/aromatic N) is 2. The van der Waals surface area contributed by atoms with E-state index in [1.165, 1.54) is 12.3 Å². The van der Waals surface area contributed by atoms with Crippen LogP contribution in [0.3, 0.4) is 0 Å². The molecule has 8 heteroatoms. The summed E-state index contributed by atoms with van der Waals surface area (Å²) in [6, 6.07) is 6.39. The monoisotopic (exact) mass is 323 g/mol. The molecule has 2 aromatic rings. The number of carbonyl (C=O) groups is 1. The van der Waals surface area contributed by atoms with Crippen LogP contribution in [0.5, 0.6) is 5.75 Å². The van der Waals surface area contributed by atoms with Crippen LogP contribution in [0.4, 0.5) is 14.5 Å². The predicted octanol–water partition coefficient (Wildman–Crippen LogP) is 2.22. The molecule has 122 valence electrons. The molecule has 0 spiro atoms. The third-order valence-electron chi connectivity index (χ3n) is 3.55. The van der Waals surface area contributed by atoms with Gasteiger partial charge in [-0.1, -0.05) is 12.1 Å². The van der Waals surface area contributed by atoms with E-state index in [1.807, 2.05) is 0 Å². The minimum atomic E-state index is -2.61. The van der Waals surface area contributed by atoms with Crippen LogP contribution >= 0.6 is 0 Å². The Balaban J connectivity index is 1.84. The Morgan fingerprint density at radius 1 is 1.48 bits per heavy atom. The van der Waals surface area contributed by atoms with E-state index in [-0.39, 0.29) is 5.69 Å². The number of hydrogen-bond donors (Lipinski definition) is 2. The Morgan fingerprint density at radius 2 is 2.30 bits per heavy atom. The fourth-order valence-electron chi connectivity index (χ4n) is 2.49. The molecule has 1 aliphatic heterocycles.